The number of nitrogens with one attached hydrogen (secondary N) is 1. The standard InChI is InChI=1S/C21H21F3N2O2/c1-14(27)25-17-8-6-15(7-9-17)12-20(28)26(18-10-11-18)13-16-4-2-3-5-19(16)21(22,23)24/h2-9,18H,10-13H2,1H3,(H,25,27). The Hall–Kier alpha value is -2.83. The number of amides is 2. The molecule has 2 amide bonds. The molecule has 7 heteroatoms. The summed E-state index contributed by atoms with van der Waals surface area (Å²) < 4.78 is 39.8. The lowest BCUT2D eigenvalue weighted by molar-refractivity contribution is -0.140. The van der Waals surface area contributed by atoms with Gasteiger partial charge in [-0.3, -0.25) is 9.59 Å². The first-order valence-corrected chi connectivity index (χ1v) is 9.05. The van der Waals surface area contributed by atoms with E-state index in [0.717, 1.165) is 24.5 Å². The van der Waals surface area contributed by atoms with Gasteiger partial charge in [-0.1, -0.05) is 30.3 Å². The smallest absolute Gasteiger partial charge is 0.335 e. The maximum absolute atomic E-state index is 13.3. The lowest BCUT2D eigenvalue weighted by Crippen LogP contribution is -2.34. The number of alkyl halides is 3. The van der Waals surface area contributed by atoms with Crippen molar-refractivity contribution >= 4 is 17.5 Å². The monoisotopic (exact) mass is 390 g/mol. The Labute approximate surface area is 161 Å². The zero-order valence-electron chi connectivity index (χ0n) is 15.4. The number of anilines is 1. The topological polar surface area (TPSA) is 49.4 Å². The minimum Gasteiger partial charge on any atom is -0.335 e. The van der Waals surface area contributed by atoms with E-state index >= 15 is 0 Å². The molecule has 1 N–H and O–H groups in total. The van der Waals surface area contributed by atoms with E-state index in [0.29, 0.717) is 5.69 Å². The first-order chi connectivity index (χ1) is 13.2. The second-order valence-corrected chi connectivity index (χ2v) is 6.96. The zero-order valence-corrected chi connectivity index (χ0v) is 15.4. The van der Waals surface area contributed by atoms with E-state index in [4.69, 9.17) is 0 Å². The number of rotatable bonds is 6. The highest BCUT2D eigenvalue weighted by molar-refractivity contribution is 5.88. The van der Waals surface area contributed by atoms with E-state index < -0.39 is 11.7 Å². The molecule has 2 aromatic rings. The SMILES string of the molecule is CC(=O)Nc1ccc(CC(=O)N(Cc2ccccc2C(F)(F)F)C2CC2)cc1. The van der Waals surface area contributed by atoms with Crippen LogP contribution in [0, 0.1) is 0 Å². The Kier molecular flexibility index (Phi) is 5.72. The third kappa shape index (κ3) is 5.12. The fourth-order valence-electron chi connectivity index (χ4n) is 3.11. The Morgan fingerprint density at radius 1 is 1.07 bits per heavy atom. The van der Waals surface area contributed by atoms with Crippen LogP contribution in [0.3, 0.4) is 0 Å². The second-order valence-electron chi connectivity index (χ2n) is 6.96. The largest absolute Gasteiger partial charge is 0.416 e. The highest BCUT2D eigenvalue weighted by Gasteiger charge is 2.36. The molecule has 148 valence electrons. The molecule has 0 aliphatic heterocycles. The van der Waals surface area contributed by atoms with Crippen molar-refractivity contribution in [2.75, 3.05) is 5.32 Å². The molecule has 0 unspecified atom stereocenters. The van der Waals surface area contributed by atoms with Crippen LogP contribution >= 0.6 is 0 Å². The van der Waals surface area contributed by atoms with Gasteiger partial charge in [0.25, 0.3) is 0 Å². The minimum absolute atomic E-state index is 0.00700. The quantitative estimate of drug-likeness (QED) is 0.795. The van der Waals surface area contributed by atoms with E-state index in [9.17, 15) is 22.8 Å². The average molecular weight is 390 g/mol. The van der Waals surface area contributed by atoms with Crippen LogP contribution < -0.4 is 5.32 Å². The molecule has 1 fully saturated rings. The van der Waals surface area contributed by atoms with E-state index in [1.807, 2.05) is 0 Å². The number of halogens is 3. The van der Waals surface area contributed by atoms with Gasteiger partial charge in [0.15, 0.2) is 0 Å². The Morgan fingerprint density at radius 2 is 1.71 bits per heavy atom. The fourth-order valence-corrected chi connectivity index (χ4v) is 3.11. The van der Waals surface area contributed by atoms with Crippen LogP contribution in [0.1, 0.15) is 36.5 Å². The summed E-state index contributed by atoms with van der Waals surface area (Å²) in [6.07, 6.45) is -2.73. The van der Waals surface area contributed by atoms with E-state index in [1.165, 1.54) is 19.1 Å². The van der Waals surface area contributed by atoms with Gasteiger partial charge in [0, 0.05) is 25.2 Å². The molecular weight excluding hydrogens is 369 g/mol. The summed E-state index contributed by atoms with van der Waals surface area (Å²) in [6, 6.07) is 12.2. The molecule has 28 heavy (non-hydrogen) atoms. The lowest BCUT2D eigenvalue weighted by atomic mass is 10.1. The number of hydrogen-bond acceptors (Lipinski definition) is 2. The predicted molar refractivity (Wildman–Crippen MR) is 99.5 cm³/mol. The predicted octanol–water partition coefficient (Wildman–Crippen LogP) is 4.40. The van der Waals surface area contributed by atoms with Crippen LogP contribution in [0.15, 0.2) is 48.5 Å². The number of nitrogens with zero attached hydrogens (tertiary/aromatic N) is 1. The van der Waals surface area contributed by atoms with Crippen LogP contribution in [0.2, 0.25) is 0 Å². The van der Waals surface area contributed by atoms with E-state index in [-0.39, 0.29) is 36.4 Å². The molecule has 0 atom stereocenters. The van der Waals surface area contributed by atoms with Gasteiger partial charge in [-0.25, -0.2) is 0 Å². The van der Waals surface area contributed by atoms with E-state index in [1.54, 1.807) is 35.2 Å². The van der Waals surface area contributed by atoms with Crippen molar-refractivity contribution < 1.29 is 22.8 Å². The second kappa shape index (κ2) is 8.04. The summed E-state index contributed by atoms with van der Waals surface area (Å²) in [5.41, 5.74) is 0.778. The maximum Gasteiger partial charge on any atom is 0.416 e. The van der Waals surface area contributed by atoms with Crippen LogP contribution in [0.5, 0.6) is 0 Å². The van der Waals surface area contributed by atoms with Gasteiger partial charge in [-0.15, -0.1) is 0 Å². The number of carbonyl (C=O) groups is 2. The Balaban J connectivity index is 1.73. The molecule has 1 saturated carbocycles. The summed E-state index contributed by atoms with van der Waals surface area (Å²) >= 11 is 0. The molecule has 4 nitrogen and oxygen atoms in total. The molecule has 0 spiro atoms. The molecule has 0 radical (unpaired) electrons. The van der Waals surface area contributed by atoms with Crippen molar-refractivity contribution in [2.24, 2.45) is 0 Å². The molecule has 0 heterocycles. The highest BCUT2D eigenvalue weighted by atomic mass is 19.4. The van der Waals surface area contributed by atoms with Crippen LogP contribution in [-0.4, -0.2) is 22.8 Å². The molecule has 1 aliphatic rings. The summed E-state index contributed by atoms with van der Waals surface area (Å²) in [5, 5.41) is 2.65. The van der Waals surface area contributed by atoms with Gasteiger partial charge < -0.3 is 10.2 Å². The van der Waals surface area contributed by atoms with Gasteiger partial charge in [0.1, 0.15) is 0 Å². The van der Waals surface area contributed by atoms with Crippen LogP contribution in [-0.2, 0) is 28.7 Å². The number of carbonyl (C=O) groups excluding carboxylic acids is 2. The zero-order chi connectivity index (χ0) is 20.3. The van der Waals surface area contributed by atoms with Crippen molar-refractivity contribution in [2.45, 2.75) is 44.9 Å². The third-order valence-electron chi connectivity index (χ3n) is 4.60. The van der Waals surface area contributed by atoms with E-state index in [2.05, 4.69) is 5.32 Å². The van der Waals surface area contributed by atoms with Crippen molar-refractivity contribution in [3.63, 3.8) is 0 Å². The Bertz CT molecular complexity index is 859. The maximum atomic E-state index is 13.3. The van der Waals surface area contributed by atoms with Gasteiger partial charge in [0.2, 0.25) is 11.8 Å². The minimum atomic E-state index is -4.45. The van der Waals surface area contributed by atoms with Crippen molar-refractivity contribution in [1.29, 1.82) is 0 Å². The summed E-state index contributed by atoms with van der Waals surface area (Å²) in [5.74, 6) is -0.390. The van der Waals surface area contributed by atoms with Gasteiger partial charge >= 0.3 is 6.18 Å². The third-order valence-corrected chi connectivity index (χ3v) is 4.60. The van der Waals surface area contributed by atoms with Gasteiger partial charge in [-0.05, 0) is 42.2 Å². The molecule has 3 rings (SSSR count). The molecule has 0 saturated heterocycles. The summed E-state index contributed by atoms with van der Waals surface area (Å²) in [7, 11) is 0. The van der Waals surface area contributed by atoms with Crippen molar-refractivity contribution in [3.8, 4) is 0 Å². The molecule has 0 bridgehead atoms. The average Bonchev–Trinajstić information content (AvgIpc) is 3.45. The lowest BCUT2D eigenvalue weighted by Gasteiger charge is -2.24. The first kappa shape index (κ1) is 19.9. The summed E-state index contributed by atoms with van der Waals surface area (Å²) in [6.45, 7) is 1.35. The van der Waals surface area contributed by atoms with Crippen molar-refractivity contribution in [3.05, 3.63) is 65.2 Å². The Morgan fingerprint density at radius 3 is 2.29 bits per heavy atom. The van der Waals surface area contributed by atoms with Crippen LogP contribution in [0.4, 0.5) is 18.9 Å². The molecular formula is C21H21F3N2O2. The first-order valence-electron chi connectivity index (χ1n) is 9.05. The molecule has 1 aliphatic carbocycles. The fraction of sp³-hybridized carbons (Fsp3) is 0.333. The highest BCUT2D eigenvalue weighted by Crippen LogP contribution is 2.35. The normalized spacial score (nSPS) is 13.9. The van der Waals surface area contributed by atoms with Gasteiger partial charge in [-0.2, -0.15) is 13.2 Å². The molecule has 0 aromatic heterocycles. The number of benzene rings is 2. The summed E-state index contributed by atoms with van der Waals surface area (Å²) in [4.78, 5) is 25.4. The van der Waals surface area contributed by atoms with Gasteiger partial charge in [0.05, 0.1) is 12.0 Å². The number of hydrogen-bond donors (Lipinski definition) is 1. The van der Waals surface area contributed by atoms with Crippen LogP contribution in [0.25, 0.3) is 0 Å². The van der Waals surface area contributed by atoms with Crippen molar-refractivity contribution in [1.82, 2.24) is 4.90 Å². The molecule has 2 aromatic carbocycles.